The Morgan fingerprint density at radius 3 is 2.21 bits per heavy atom. The van der Waals surface area contributed by atoms with Crippen LogP contribution in [0.2, 0.25) is 0 Å². The van der Waals surface area contributed by atoms with Gasteiger partial charge in [0.05, 0.1) is 6.61 Å². The number of nitrogens with two attached hydrogens (primary N) is 1. The SMILES string of the molecule is COCCN(CCC(C)(C)N)C(C)C. The van der Waals surface area contributed by atoms with Crippen LogP contribution < -0.4 is 5.73 Å². The first-order valence-corrected chi connectivity index (χ1v) is 5.38. The summed E-state index contributed by atoms with van der Waals surface area (Å²) in [6, 6.07) is 0.562. The summed E-state index contributed by atoms with van der Waals surface area (Å²) in [7, 11) is 1.74. The second kappa shape index (κ2) is 6.38. The van der Waals surface area contributed by atoms with Gasteiger partial charge in [-0.3, -0.25) is 4.90 Å². The number of nitrogens with zero attached hydrogens (tertiary/aromatic N) is 1. The highest BCUT2D eigenvalue weighted by Gasteiger charge is 2.15. The first-order valence-electron chi connectivity index (χ1n) is 5.38. The highest BCUT2D eigenvalue weighted by Crippen LogP contribution is 2.07. The summed E-state index contributed by atoms with van der Waals surface area (Å²) in [5.41, 5.74) is 5.89. The summed E-state index contributed by atoms with van der Waals surface area (Å²) >= 11 is 0. The molecule has 0 unspecified atom stereocenters. The van der Waals surface area contributed by atoms with Crippen molar-refractivity contribution in [3.63, 3.8) is 0 Å². The predicted octanol–water partition coefficient (Wildman–Crippen LogP) is 1.47. The highest BCUT2D eigenvalue weighted by molar-refractivity contribution is 4.75. The van der Waals surface area contributed by atoms with Gasteiger partial charge < -0.3 is 10.5 Å². The summed E-state index contributed by atoms with van der Waals surface area (Å²) in [5.74, 6) is 0. The van der Waals surface area contributed by atoms with Crippen LogP contribution in [0.3, 0.4) is 0 Å². The maximum absolute atomic E-state index is 5.95. The van der Waals surface area contributed by atoms with Crippen LogP contribution in [0, 0.1) is 0 Å². The fraction of sp³-hybridized carbons (Fsp3) is 1.00. The minimum Gasteiger partial charge on any atom is -0.383 e. The number of hydrogen-bond acceptors (Lipinski definition) is 3. The van der Waals surface area contributed by atoms with E-state index in [0.717, 1.165) is 26.1 Å². The topological polar surface area (TPSA) is 38.5 Å². The molecule has 0 aromatic carbocycles. The van der Waals surface area contributed by atoms with Crippen LogP contribution in [0.4, 0.5) is 0 Å². The number of methoxy groups -OCH3 is 1. The van der Waals surface area contributed by atoms with E-state index < -0.39 is 0 Å². The van der Waals surface area contributed by atoms with Crippen molar-refractivity contribution in [3.05, 3.63) is 0 Å². The molecule has 0 amide bonds. The van der Waals surface area contributed by atoms with Crippen LogP contribution in [-0.4, -0.2) is 43.3 Å². The van der Waals surface area contributed by atoms with Gasteiger partial charge in [0.1, 0.15) is 0 Å². The lowest BCUT2D eigenvalue weighted by Crippen LogP contribution is -2.41. The quantitative estimate of drug-likeness (QED) is 0.679. The molecule has 3 heteroatoms. The molecular formula is C11H26N2O. The van der Waals surface area contributed by atoms with E-state index in [1.165, 1.54) is 0 Å². The zero-order valence-corrected chi connectivity index (χ0v) is 10.3. The molecule has 0 saturated carbocycles. The molecule has 0 bridgehead atoms. The molecule has 0 aliphatic heterocycles. The van der Waals surface area contributed by atoms with E-state index in [1.807, 2.05) is 0 Å². The predicted molar refractivity (Wildman–Crippen MR) is 61.5 cm³/mol. The molecule has 0 spiro atoms. The molecule has 0 heterocycles. The van der Waals surface area contributed by atoms with Crippen LogP contribution in [0.1, 0.15) is 34.1 Å². The molecule has 0 aromatic heterocycles. The van der Waals surface area contributed by atoms with Crippen molar-refractivity contribution in [1.82, 2.24) is 4.90 Å². The fourth-order valence-electron chi connectivity index (χ4n) is 1.27. The van der Waals surface area contributed by atoms with Crippen LogP contribution >= 0.6 is 0 Å². The molecule has 0 aromatic rings. The molecule has 0 radical (unpaired) electrons. The largest absolute Gasteiger partial charge is 0.383 e. The molecule has 86 valence electrons. The van der Waals surface area contributed by atoms with Crippen molar-refractivity contribution in [2.75, 3.05) is 26.8 Å². The molecule has 3 nitrogen and oxygen atoms in total. The summed E-state index contributed by atoms with van der Waals surface area (Å²) in [5, 5.41) is 0. The lowest BCUT2D eigenvalue weighted by atomic mass is 10.0. The van der Waals surface area contributed by atoms with Crippen LogP contribution in [-0.2, 0) is 4.74 Å². The van der Waals surface area contributed by atoms with Gasteiger partial charge in [0, 0.05) is 31.8 Å². The Morgan fingerprint density at radius 2 is 1.86 bits per heavy atom. The van der Waals surface area contributed by atoms with Gasteiger partial charge in [-0.25, -0.2) is 0 Å². The number of hydrogen-bond donors (Lipinski definition) is 1. The normalized spacial score (nSPS) is 12.9. The van der Waals surface area contributed by atoms with E-state index in [9.17, 15) is 0 Å². The van der Waals surface area contributed by atoms with Crippen LogP contribution in [0.5, 0.6) is 0 Å². The third-order valence-electron chi connectivity index (χ3n) is 2.36. The van der Waals surface area contributed by atoms with Crippen molar-refractivity contribution >= 4 is 0 Å². The second-order valence-corrected chi connectivity index (χ2v) is 4.86. The minimum atomic E-state index is -0.0692. The Kier molecular flexibility index (Phi) is 6.33. The fourth-order valence-corrected chi connectivity index (χ4v) is 1.27. The standard InChI is InChI=1S/C11H26N2O/c1-10(2)13(8-9-14-5)7-6-11(3,4)12/h10H,6-9,12H2,1-5H3. The summed E-state index contributed by atoms with van der Waals surface area (Å²) < 4.78 is 5.08. The molecule has 0 aliphatic rings. The summed E-state index contributed by atoms with van der Waals surface area (Å²) in [6.45, 7) is 11.4. The molecule has 0 aliphatic carbocycles. The summed E-state index contributed by atoms with van der Waals surface area (Å²) in [6.07, 6.45) is 1.02. The molecule has 14 heavy (non-hydrogen) atoms. The van der Waals surface area contributed by atoms with Gasteiger partial charge in [0.15, 0.2) is 0 Å². The Labute approximate surface area is 88.6 Å². The average Bonchev–Trinajstić information content (AvgIpc) is 2.01. The molecule has 2 N–H and O–H groups in total. The minimum absolute atomic E-state index is 0.0692. The van der Waals surface area contributed by atoms with Crippen molar-refractivity contribution in [3.8, 4) is 0 Å². The zero-order valence-electron chi connectivity index (χ0n) is 10.3. The number of ether oxygens (including phenoxy) is 1. The van der Waals surface area contributed by atoms with E-state index in [0.29, 0.717) is 6.04 Å². The lowest BCUT2D eigenvalue weighted by Gasteiger charge is -2.29. The van der Waals surface area contributed by atoms with Crippen molar-refractivity contribution in [1.29, 1.82) is 0 Å². The Hall–Kier alpha value is -0.120. The third-order valence-corrected chi connectivity index (χ3v) is 2.36. The van der Waals surface area contributed by atoms with E-state index in [-0.39, 0.29) is 5.54 Å². The molecule has 0 atom stereocenters. The van der Waals surface area contributed by atoms with Crippen molar-refractivity contribution in [2.24, 2.45) is 5.73 Å². The van der Waals surface area contributed by atoms with Gasteiger partial charge in [0.25, 0.3) is 0 Å². The van der Waals surface area contributed by atoms with Crippen molar-refractivity contribution < 1.29 is 4.74 Å². The van der Waals surface area contributed by atoms with Gasteiger partial charge in [0.2, 0.25) is 0 Å². The average molecular weight is 202 g/mol. The molecular weight excluding hydrogens is 176 g/mol. The van der Waals surface area contributed by atoms with Crippen LogP contribution in [0.15, 0.2) is 0 Å². The Balaban J connectivity index is 3.85. The zero-order chi connectivity index (χ0) is 11.2. The first kappa shape index (κ1) is 13.9. The second-order valence-electron chi connectivity index (χ2n) is 4.86. The van der Waals surface area contributed by atoms with E-state index >= 15 is 0 Å². The third kappa shape index (κ3) is 7.30. The van der Waals surface area contributed by atoms with E-state index in [2.05, 4.69) is 32.6 Å². The highest BCUT2D eigenvalue weighted by atomic mass is 16.5. The number of rotatable bonds is 7. The van der Waals surface area contributed by atoms with Crippen molar-refractivity contribution in [2.45, 2.75) is 45.7 Å². The van der Waals surface area contributed by atoms with Gasteiger partial charge in [-0.2, -0.15) is 0 Å². The first-order chi connectivity index (χ1) is 6.37. The summed E-state index contributed by atoms with van der Waals surface area (Å²) in [4.78, 5) is 2.40. The lowest BCUT2D eigenvalue weighted by molar-refractivity contribution is 0.124. The Bertz CT molecular complexity index is 141. The molecule has 0 saturated heterocycles. The van der Waals surface area contributed by atoms with Gasteiger partial charge in [-0.15, -0.1) is 0 Å². The van der Waals surface area contributed by atoms with Gasteiger partial charge >= 0.3 is 0 Å². The molecule has 0 fully saturated rings. The monoisotopic (exact) mass is 202 g/mol. The smallest absolute Gasteiger partial charge is 0.0589 e. The maximum Gasteiger partial charge on any atom is 0.0589 e. The molecule has 0 rings (SSSR count). The van der Waals surface area contributed by atoms with Gasteiger partial charge in [-0.1, -0.05) is 0 Å². The van der Waals surface area contributed by atoms with E-state index in [4.69, 9.17) is 10.5 Å². The van der Waals surface area contributed by atoms with E-state index in [1.54, 1.807) is 7.11 Å². The maximum atomic E-state index is 5.95. The van der Waals surface area contributed by atoms with Gasteiger partial charge in [-0.05, 0) is 34.1 Å². The van der Waals surface area contributed by atoms with Crippen LogP contribution in [0.25, 0.3) is 0 Å². The Morgan fingerprint density at radius 1 is 1.29 bits per heavy atom.